The molecular formula is C9H6BrF2N3O2S2. The summed E-state index contributed by atoms with van der Waals surface area (Å²) in [5.41, 5.74) is 1.33. The van der Waals surface area contributed by atoms with Gasteiger partial charge in [0, 0.05) is 7.05 Å². The minimum Gasteiger partial charge on any atom is -0.243 e. The van der Waals surface area contributed by atoms with E-state index >= 15 is 0 Å². The standard InChI is InChI=1S/C9H6BrF2N3O2S2/c1-15(9-14-13-4-18-9)19(16,17)8-3-6(11)5(10)2-7(8)12/h2-4H,1H3. The van der Waals surface area contributed by atoms with Gasteiger partial charge in [0.15, 0.2) is 0 Å². The molecule has 0 N–H and O–H groups in total. The van der Waals surface area contributed by atoms with Crippen LogP contribution in [0.5, 0.6) is 0 Å². The van der Waals surface area contributed by atoms with Gasteiger partial charge >= 0.3 is 0 Å². The zero-order chi connectivity index (χ0) is 14.2. The number of halogens is 3. The van der Waals surface area contributed by atoms with E-state index in [2.05, 4.69) is 26.1 Å². The summed E-state index contributed by atoms with van der Waals surface area (Å²) >= 11 is 3.74. The number of sulfonamides is 1. The Hall–Kier alpha value is -1.13. The highest BCUT2D eigenvalue weighted by Crippen LogP contribution is 2.28. The first-order valence-electron chi connectivity index (χ1n) is 4.73. The van der Waals surface area contributed by atoms with Crippen LogP contribution in [0.25, 0.3) is 0 Å². The number of nitrogens with zero attached hydrogens (tertiary/aromatic N) is 3. The van der Waals surface area contributed by atoms with Crippen molar-refractivity contribution in [2.75, 3.05) is 11.4 Å². The quantitative estimate of drug-likeness (QED) is 0.779. The van der Waals surface area contributed by atoms with Crippen LogP contribution < -0.4 is 4.31 Å². The van der Waals surface area contributed by atoms with Gasteiger partial charge in [-0.15, -0.1) is 10.2 Å². The predicted octanol–water partition coefficient (Wildman–Crippen LogP) is 2.40. The van der Waals surface area contributed by atoms with E-state index in [0.29, 0.717) is 6.07 Å². The Kier molecular flexibility index (Phi) is 3.83. The third kappa shape index (κ3) is 2.60. The van der Waals surface area contributed by atoms with Crippen LogP contribution in [0.2, 0.25) is 0 Å². The monoisotopic (exact) mass is 369 g/mol. The smallest absolute Gasteiger partial charge is 0.243 e. The number of anilines is 1. The van der Waals surface area contributed by atoms with Gasteiger partial charge in [-0.1, -0.05) is 11.3 Å². The van der Waals surface area contributed by atoms with Gasteiger partial charge in [-0.25, -0.2) is 21.5 Å². The molecule has 1 aromatic carbocycles. The number of hydrogen-bond acceptors (Lipinski definition) is 5. The lowest BCUT2D eigenvalue weighted by atomic mass is 10.3. The molecule has 2 rings (SSSR count). The minimum absolute atomic E-state index is 0.0581. The third-order valence-electron chi connectivity index (χ3n) is 2.23. The zero-order valence-electron chi connectivity index (χ0n) is 9.34. The van der Waals surface area contributed by atoms with Crippen molar-refractivity contribution in [1.82, 2.24) is 10.2 Å². The largest absolute Gasteiger partial charge is 0.268 e. The first kappa shape index (κ1) is 14.3. The van der Waals surface area contributed by atoms with Gasteiger partial charge in [-0.3, -0.25) is 0 Å². The lowest BCUT2D eigenvalue weighted by Gasteiger charge is -2.16. The summed E-state index contributed by atoms with van der Waals surface area (Å²) in [6, 6.07) is 1.38. The van der Waals surface area contributed by atoms with E-state index in [1.54, 1.807) is 0 Å². The second-order valence-corrected chi connectivity index (χ2v) is 6.99. The summed E-state index contributed by atoms with van der Waals surface area (Å²) in [5.74, 6) is -1.92. The van der Waals surface area contributed by atoms with E-state index in [1.165, 1.54) is 12.6 Å². The van der Waals surface area contributed by atoms with Crippen LogP contribution in [0.1, 0.15) is 0 Å². The van der Waals surface area contributed by atoms with E-state index in [9.17, 15) is 17.2 Å². The summed E-state index contributed by atoms with van der Waals surface area (Å²) in [5, 5.41) is 7.12. The fourth-order valence-electron chi connectivity index (χ4n) is 1.26. The van der Waals surface area contributed by atoms with Crippen molar-refractivity contribution in [2.45, 2.75) is 4.90 Å². The lowest BCUT2D eigenvalue weighted by molar-refractivity contribution is 0.549. The minimum atomic E-state index is -4.23. The molecule has 0 spiro atoms. The molecule has 0 aliphatic carbocycles. The van der Waals surface area contributed by atoms with Gasteiger partial charge in [-0.2, -0.15) is 0 Å². The van der Waals surface area contributed by atoms with Crippen molar-refractivity contribution < 1.29 is 17.2 Å². The maximum atomic E-state index is 13.7. The van der Waals surface area contributed by atoms with E-state index in [0.717, 1.165) is 21.7 Å². The topological polar surface area (TPSA) is 63.2 Å². The molecule has 0 fully saturated rings. The summed E-state index contributed by atoms with van der Waals surface area (Å²) in [6.07, 6.45) is 0. The Morgan fingerprint density at radius 2 is 2.00 bits per heavy atom. The summed E-state index contributed by atoms with van der Waals surface area (Å²) in [7, 11) is -3.04. The van der Waals surface area contributed by atoms with E-state index in [-0.39, 0.29) is 9.60 Å². The fourth-order valence-corrected chi connectivity index (χ4v) is 3.52. The maximum absolute atomic E-state index is 13.7. The van der Waals surface area contributed by atoms with Crippen LogP contribution in [-0.4, -0.2) is 25.7 Å². The lowest BCUT2D eigenvalue weighted by Crippen LogP contribution is -2.27. The Labute approximate surface area is 120 Å². The second kappa shape index (κ2) is 5.10. The van der Waals surface area contributed by atoms with Crippen molar-refractivity contribution in [3.8, 4) is 0 Å². The highest BCUT2D eigenvalue weighted by atomic mass is 79.9. The van der Waals surface area contributed by atoms with Gasteiger partial charge in [0.25, 0.3) is 10.0 Å². The molecule has 19 heavy (non-hydrogen) atoms. The molecule has 0 bridgehead atoms. The Morgan fingerprint density at radius 1 is 1.32 bits per heavy atom. The van der Waals surface area contributed by atoms with E-state index in [4.69, 9.17) is 0 Å². The van der Waals surface area contributed by atoms with Crippen LogP contribution in [-0.2, 0) is 10.0 Å². The van der Waals surface area contributed by atoms with Crippen LogP contribution in [0, 0.1) is 11.6 Å². The van der Waals surface area contributed by atoms with Gasteiger partial charge in [0.1, 0.15) is 22.0 Å². The SMILES string of the molecule is CN(c1nncs1)S(=O)(=O)c1cc(F)c(Br)cc1F. The molecule has 0 amide bonds. The number of benzene rings is 1. The molecule has 2 aromatic rings. The van der Waals surface area contributed by atoms with Crippen LogP contribution in [0.4, 0.5) is 13.9 Å². The Morgan fingerprint density at radius 3 is 2.58 bits per heavy atom. The maximum Gasteiger partial charge on any atom is 0.268 e. The molecule has 0 saturated carbocycles. The number of rotatable bonds is 3. The molecule has 0 atom stereocenters. The van der Waals surface area contributed by atoms with Crippen LogP contribution in [0.15, 0.2) is 27.0 Å². The summed E-state index contributed by atoms with van der Waals surface area (Å²) < 4.78 is 52.0. The van der Waals surface area contributed by atoms with E-state index < -0.39 is 26.6 Å². The summed E-state index contributed by atoms with van der Waals surface area (Å²) in [4.78, 5) is -0.758. The third-order valence-corrected chi connectivity index (χ3v) is 5.48. The first-order valence-corrected chi connectivity index (χ1v) is 7.85. The Balaban J connectivity index is 2.54. The normalized spacial score (nSPS) is 11.6. The molecule has 102 valence electrons. The molecule has 0 radical (unpaired) electrons. The molecule has 5 nitrogen and oxygen atoms in total. The van der Waals surface area contributed by atoms with Crippen LogP contribution in [0.3, 0.4) is 0 Å². The van der Waals surface area contributed by atoms with Gasteiger partial charge in [-0.05, 0) is 28.1 Å². The predicted molar refractivity (Wildman–Crippen MR) is 69.6 cm³/mol. The molecule has 0 aliphatic heterocycles. The van der Waals surface area contributed by atoms with Crippen molar-refractivity contribution in [3.05, 3.63) is 33.8 Å². The molecule has 0 saturated heterocycles. The molecule has 10 heteroatoms. The average molecular weight is 370 g/mol. The van der Waals surface area contributed by atoms with Crippen molar-refractivity contribution >= 4 is 42.4 Å². The van der Waals surface area contributed by atoms with Crippen molar-refractivity contribution in [2.24, 2.45) is 0 Å². The second-order valence-electron chi connectivity index (χ2n) is 3.39. The van der Waals surface area contributed by atoms with Gasteiger partial charge in [0.05, 0.1) is 4.47 Å². The first-order chi connectivity index (χ1) is 8.84. The van der Waals surface area contributed by atoms with Gasteiger partial charge in [0.2, 0.25) is 5.13 Å². The molecule has 1 aromatic heterocycles. The number of hydrogen-bond donors (Lipinski definition) is 0. The number of aromatic nitrogens is 2. The highest BCUT2D eigenvalue weighted by molar-refractivity contribution is 9.10. The molecule has 0 aliphatic rings. The molecular weight excluding hydrogens is 364 g/mol. The highest BCUT2D eigenvalue weighted by Gasteiger charge is 2.28. The molecule has 1 heterocycles. The van der Waals surface area contributed by atoms with Gasteiger partial charge < -0.3 is 0 Å². The zero-order valence-corrected chi connectivity index (χ0v) is 12.6. The van der Waals surface area contributed by atoms with Crippen LogP contribution >= 0.6 is 27.3 Å². The van der Waals surface area contributed by atoms with Crippen molar-refractivity contribution in [3.63, 3.8) is 0 Å². The molecule has 0 unspecified atom stereocenters. The fraction of sp³-hybridized carbons (Fsp3) is 0.111. The Bertz CT molecular complexity index is 707. The van der Waals surface area contributed by atoms with E-state index in [1.807, 2.05) is 0 Å². The average Bonchev–Trinajstić information content (AvgIpc) is 2.86. The van der Waals surface area contributed by atoms with Crippen molar-refractivity contribution in [1.29, 1.82) is 0 Å². The summed E-state index contributed by atoms with van der Waals surface area (Å²) in [6.45, 7) is 0.